The lowest BCUT2D eigenvalue weighted by molar-refractivity contribution is -0.129. The molecule has 0 aliphatic carbocycles. The average Bonchev–Trinajstić information content (AvgIpc) is 3.33. The van der Waals surface area contributed by atoms with Gasteiger partial charge < -0.3 is 9.88 Å². The molecule has 0 bridgehead atoms. The average molecular weight is 415 g/mol. The number of pyridine rings is 1. The summed E-state index contributed by atoms with van der Waals surface area (Å²) >= 11 is 0. The highest BCUT2D eigenvalue weighted by Crippen LogP contribution is 2.40. The van der Waals surface area contributed by atoms with Crippen molar-refractivity contribution in [2.24, 2.45) is 0 Å². The van der Waals surface area contributed by atoms with E-state index in [9.17, 15) is 9.18 Å². The first-order valence-electron chi connectivity index (χ1n) is 10.2. The number of nitrogens with one attached hydrogen (secondary N) is 1. The Labute approximate surface area is 179 Å². The van der Waals surface area contributed by atoms with Crippen molar-refractivity contribution in [2.75, 3.05) is 0 Å². The number of aromatic amines is 1. The summed E-state index contributed by atoms with van der Waals surface area (Å²) < 4.78 is 15.6. The van der Waals surface area contributed by atoms with Gasteiger partial charge in [-0.3, -0.25) is 9.48 Å². The molecule has 0 radical (unpaired) electrons. The van der Waals surface area contributed by atoms with Gasteiger partial charge in [0.1, 0.15) is 17.2 Å². The summed E-state index contributed by atoms with van der Waals surface area (Å²) in [5.41, 5.74) is 6.34. The number of hydrogen-bond donors (Lipinski definition) is 1. The van der Waals surface area contributed by atoms with Gasteiger partial charge in [0.2, 0.25) is 5.91 Å². The van der Waals surface area contributed by atoms with E-state index in [0.717, 1.165) is 44.7 Å². The topological polar surface area (TPSA) is 66.8 Å². The summed E-state index contributed by atoms with van der Waals surface area (Å²) in [5.74, 6) is -0.398. The fourth-order valence-corrected chi connectivity index (χ4v) is 4.41. The maximum Gasteiger partial charge on any atom is 0.246 e. The summed E-state index contributed by atoms with van der Waals surface area (Å²) in [5, 5.41) is 5.93. The summed E-state index contributed by atoms with van der Waals surface area (Å²) in [7, 11) is 0. The Morgan fingerprint density at radius 2 is 2.06 bits per heavy atom. The van der Waals surface area contributed by atoms with Crippen LogP contribution in [0.3, 0.4) is 0 Å². The van der Waals surface area contributed by atoms with Gasteiger partial charge in [-0.2, -0.15) is 5.10 Å². The molecule has 0 unspecified atom stereocenters. The second-order valence-electron chi connectivity index (χ2n) is 7.93. The van der Waals surface area contributed by atoms with E-state index in [0.29, 0.717) is 13.1 Å². The number of fused-ring (bicyclic) bond motifs is 2. The molecular formula is C24H22FN5O. The van der Waals surface area contributed by atoms with E-state index < -0.39 is 0 Å². The number of carbonyl (C=O) groups is 1. The van der Waals surface area contributed by atoms with Crippen LogP contribution in [0.4, 0.5) is 4.39 Å². The molecular weight excluding hydrogens is 393 g/mol. The summed E-state index contributed by atoms with van der Waals surface area (Å²) in [6.07, 6.45) is 5.05. The van der Waals surface area contributed by atoms with Crippen LogP contribution in [0.2, 0.25) is 0 Å². The highest BCUT2D eigenvalue weighted by Gasteiger charge is 2.32. The first-order chi connectivity index (χ1) is 15.0. The Balaban J connectivity index is 1.79. The van der Waals surface area contributed by atoms with Gasteiger partial charge in [-0.15, -0.1) is 0 Å². The number of aromatic nitrogens is 4. The first-order valence-corrected chi connectivity index (χ1v) is 10.2. The third-order valence-electron chi connectivity index (χ3n) is 5.96. The zero-order valence-electron chi connectivity index (χ0n) is 17.4. The summed E-state index contributed by atoms with van der Waals surface area (Å²) in [6.45, 7) is 8.68. The van der Waals surface area contributed by atoms with Crippen molar-refractivity contribution < 1.29 is 9.18 Å². The van der Waals surface area contributed by atoms with Crippen LogP contribution in [0, 0.1) is 12.7 Å². The van der Waals surface area contributed by atoms with E-state index in [4.69, 9.17) is 5.10 Å². The van der Waals surface area contributed by atoms with Gasteiger partial charge in [0.25, 0.3) is 0 Å². The molecule has 0 spiro atoms. The molecule has 0 fully saturated rings. The lowest BCUT2D eigenvalue weighted by atomic mass is 9.95. The molecule has 31 heavy (non-hydrogen) atoms. The molecule has 1 amide bonds. The molecule has 7 heteroatoms. The molecule has 0 saturated heterocycles. The Hall–Kier alpha value is -3.74. The van der Waals surface area contributed by atoms with Crippen LogP contribution in [0.1, 0.15) is 18.2 Å². The number of hydrogen-bond acceptors (Lipinski definition) is 3. The fraction of sp³-hybridized carbons (Fsp3) is 0.208. The largest absolute Gasteiger partial charge is 0.346 e. The third-order valence-corrected chi connectivity index (χ3v) is 5.96. The van der Waals surface area contributed by atoms with E-state index >= 15 is 0 Å². The van der Waals surface area contributed by atoms with Crippen molar-refractivity contribution in [3.63, 3.8) is 0 Å². The van der Waals surface area contributed by atoms with Gasteiger partial charge in [-0.25, -0.2) is 9.37 Å². The van der Waals surface area contributed by atoms with Crippen molar-refractivity contribution in [3.8, 4) is 22.4 Å². The fourth-order valence-electron chi connectivity index (χ4n) is 4.41. The molecule has 6 nitrogen and oxygen atoms in total. The van der Waals surface area contributed by atoms with E-state index in [1.165, 1.54) is 18.2 Å². The molecule has 4 aromatic rings. The minimum absolute atomic E-state index is 0.0155. The number of rotatable bonds is 3. The van der Waals surface area contributed by atoms with E-state index in [1.54, 1.807) is 18.3 Å². The Bertz CT molecular complexity index is 1320. The predicted octanol–water partition coefficient (Wildman–Crippen LogP) is 4.46. The standard InChI is InChI=1S/C24H22FN5O/c1-4-20(31)29-13-19-22(18-9-10-26-24-21(18)14(2)11-27-24)23(28-30(19)12-15(29)3)16-5-7-17(25)8-6-16/h4-11,15H,1,12-13H2,2-3H3,(H,26,27)/t15-/m1/s1. The molecule has 4 heterocycles. The number of halogens is 1. The van der Waals surface area contributed by atoms with Gasteiger partial charge in [0.15, 0.2) is 0 Å². The van der Waals surface area contributed by atoms with Crippen LogP contribution in [-0.2, 0) is 17.9 Å². The van der Waals surface area contributed by atoms with E-state index in [1.807, 2.05) is 35.7 Å². The third kappa shape index (κ3) is 3.04. The number of H-pyrrole nitrogens is 1. The molecule has 1 N–H and O–H groups in total. The summed E-state index contributed by atoms with van der Waals surface area (Å²) in [6, 6.07) is 8.33. The monoisotopic (exact) mass is 415 g/mol. The lowest BCUT2D eigenvalue weighted by Gasteiger charge is -2.33. The maximum absolute atomic E-state index is 13.6. The van der Waals surface area contributed by atoms with Gasteiger partial charge in [0, 0.05) is 34.9 Å². The van der Waals surface area contributed by atoms with Crippen LogP contribution in [0.5, 0.6) is 0 Å². The number of benzene rings is 1. The minimum atomic E-state index is -0.293. The highest BCUT2D eigenvalue weighted by atomic mass is 19.1. The molecule has 5 rings (SSSR count). The zero-order valence-corrected chi connectivity index (χ0v) is 17.4. The van der Waals surface area contributed by atoms with Crippen LogP contribution >= 0.6 is 0 Å². The number of carbonyl (C=O) groups excluding carboxylic acids is 1. The SMILES string of the molecule is C=CC(=O)N1Cc2c(-c3ccnc4[nH]cc(C)c34)c(-c3ccc(F)cc3)nn2C[C@H]1C. The second-order valence-corrected chi connectivity index (χ2v) is 7.93. The second kappa shape index (κ2) is 7.19. The molecule has 156 valence electrons. The summed E-state index contributed by atoms with van der Waals surface area (Å²) in [4.78, 5) is 22.0. The maximum atomic E-state index is 13.6. The van der Waals surface area contributed by atoms with E-state index in [2.05, 4.69) is 16.5 Å². The predicted molar refractivity (Wildman–Crippen MR) is 118 cm³/mol. The van der Waals surface area contributed by atoms with Crippen molar-refractivity contribution in [1.82, 2.24) is 24.6 Å². The highest BCUT2D eigenvalue weighted by molar-refractivity contribution is 6.00. The minimum Gasteiger partial charge on any atom is -0.346 e. The van der Waals surface area contributed by atoms with Crippen molar-refractivity contribution in [3.05, 3.63) is 72.5 Å². The molecule has 1 aromatic carbocycles. The van der Waals surface area contributed by atoms with Crippen molar-refractivity contribution in [2.45, 2.75) is 33.0 Å². The number of nitrogens with zero attached hydrogens (tertiary/aromatic N) is 4. The quantitative estimate of drug-likeness (QED) is 0.503. The van der Waals surface area contributed by atoms with E-state index in [-0.39, 0.29) is 17.8 Å². The molecule has 0 saturated carbocycles. The van der Waals surface area contributed by atoms with Crippen LogP contribution < -0.4 is 0 Å². The zero-order chi connectivity index (χ0) is 21.7. The number of amides is 1. The Morgan fingerprint density at radius 1 is 1.29 bits per heavy atom. The van der Waals surface area contributed by atoms with Gasteiger partial charge in [-0.05, 0) is 61.4 Å². The normalized spacial score (nSPS) is 15.8. The number of aryl methyl sites for hydroxylation is 1. The van der Waals surface area contributed by atoms with Crippen LogP contribution in [0.25, 0.3) is 33.4 Å². The molecule has 1 aliphatic rings. The molecule has 1 atom stereocenters. The van der Waals surface area contributed by atoms with Crippen molar-refractivity contribution in [1.29, 1.82) is 0 Å². The Morgan fingerprint density at radius 3 is 2.81 bits per heavy atom. The Kier molecular flexibility index (Phi) is 4.46. The van der Waals surface area contributed by atoms with Crippen LogP contribution in [-0.4, -0.2) is 36.6 Å². The van der Waals surface area contributed by atoms with Gasteiger partial charge >= 0.3 is 0 Å². The lowest BCUT2D eigenvalue weighted by Crippen LogP contribution is -2.44. The van der Waals surface area contributed by atoms with Crippen molar-refractivity contribution >= 4 is 16.9 Å². The van der Waals surface area contributed by atoms with Gasteiger partial charge in [0.05, 0.1) is 18.8 Å². The van der Waals surface area contributed by atoms with Crippen LogP contribution in [0.15, 0.2) is 55.4 Å². The molecule has 3 aromatic heterocycles. The smallest absolute Gasteiger partial charge is 0.246 e. The van der Waals surface area contributed by atoms with Gasteiger partial charge in [-0.1, -0.05) is 6.58 Å². The first kappa shape index (κ1) is 19.2. The molecule has 1 aliphatic heterocycles.